The first-order valence-corrected chi connectivity index (χ1v) is 11.4. The van der Waals surface area contributed by atoms with E-state index in [0.29, 0.717) is 31.1 Å². The van der Waals surface area contributed by atoms with Gasteiger partial charge in [0.2, 0.25) is 10.0 Å². The van der Waals surface area contributed by atoms with Gasteiger partial charge in [0.15, 0.2) is 0 Å². The van der Waals surface area contributed by atoms with Crippen LogP contribution in [0, 0.1) is 6.92 Å². The van der Waals surface area contributed by atoms with Crippen LogP contribution in [-0.2, 0) is 23.1 Å². The van der Waals surface area contributed by atoms with Crippen molar-refractivity contribution < 1.29 is 13.2 Å². The first-order valence-electron chi connectivity index (χ1n) is 10.00. The Labute approximate surface area is 173 Å². The fraction of sp³-hybridized carbons (Fsp3) is 0.409. The molecule has 0 aliphatic carbocycles. The Kier molecular flexibility index (Phi) is 6.92. The molecule has 156 valence electrons. The molecule has 0 spiro atoms. The number of nitrogens with one attached hydrogen (secondary N) is 1. The summed E-state index contributed by atoms with van der Waals surface area (Å²) in [5.74, 6) is 0. The number of amides is 2. The van der Waals surface area contributed by atoms with Crippen molar-refractivity contribution in [3.63, 3.8) is 0 Å². The van der Waals surface area contributed by atoms with E-state index in [1.807, 2.05) is 31.2 Å². The molecule has 1 N–H and O–H groups in total. The molecule has 1 saturated heterocycles. The first kappa shape index (κ1) is 21.3. The molecule has 1 aliphatic rings. The second-order valence-corrected chi connectivity index (χ2v) is 9.55. The van der Waals surface area contributed by atoms with E-state index < -0.39 is 10.0 Å². The molecule has 7 heteroatoms. The molecule has 0 radical (unpaired) electrons. The van der Waals surface area contributed by atoms with Crippen molar-refractivity contribution in [2.75, 3.05) is 20.1 Å². The quantitative estimate of drug-likeness (QED) is 0.785. The van der Waals surface area contributed by atoms with Crippen LogP contribution in [0.15, 0.2) is 53.4 Å². The highest BCUT2D eigenvalue weighted by Crippen LogP contribution is 2.20. The van der Waals surface area contributed by atoms with E-state index in [4.69, 9.17) is 0 Å². The largest absolute Gasteiger partial charge is 0.334 e. The van der Waals surface area contributed by atoms with Crippen LogP contribution in [0.3, 0.4) is 0 Å². The number of piperidine rings is 1. The second kappa shape index (κ2) is 9.41. The van der Waals surface area contributed by atoms with E-state index in [2.05, 4.69) is 5.32 Å². The molecule has 0 aromatic heterocycles. The van der Waals surface area contributed by atoms with Gasteiger partial charge in [0, 0.05) is 33.2 Å². The summed E-state index contributed by atoms with van der Waals surface area (Å²) in [5, 5.41) is 2.88. The summed E-state index contributed by atoms with van der Waals surface area (Å²) in [5.41, 5.74) is 3.12. The number of benzene rings is 2. The number of carbonyl (C=O) groups is 1. The third-order valence-electron chi connectivity index (χ3n) is 5.21. The minimum atomic E-state index is -3.42. The molecule has 2 aromatic carbocycles. The zero-order valence-corrected chi connectivity index (χ0v) is 17.9. The number of hydrogen-bond donors (Lipinski definition) is 1. The molecule has 0 saturated carbocycles. The van der Waals surface area contributed by atoms with Gasteiger partial charge in [0.05, 0.1) is 4.90 Å². The van der Waals surface area contributed by atoms with Crippen molar-refractivity contribution in [1.82, 2.24) is 14.5 Å². The maximum absolute atomic E-state index is 12.7. The van der Waals surface area contributed by atoms with Gasteiger partial charge in [-0.05, 0) is 43.0 Å². The lowest BCUT2D eigenvalue weighted by Gasteiger charge is -2.25. The molecule has 2 amide bonds. The lowest BCUT2D eigenvalue weighted by molar-refractivity contribution is 0.206. The van der Waals surface area contributed by atoms with Gasteiger partial charge in [0.1, 0.15) is 0 Å². The van der Waals surface area contributed by atoms with Crippen LogP contribution in [0.4, 0.5) is 4.79 Å². The number of urea groups is 1. The first-order chi connectivity index (χ1) is 13.9. The Balaban J connectivity index is 1.54. The average molecular weight is 416 g/mol. The van der Waals surface area contributed by atoms with Crippen molar-refractivity contribution in [2.45, 2.75) is 44.2 Å². The van der Waals surface area contributed by atoms with Gasteiger partial charge in [-0.3, -0.25) is 0 Å². The van der Waals surface area contributed by atoms with Crippen LogP contribution < -0.4 is 5.32 Å². The summed E-state index contributed by atoms with van der Waals surface area (Å²) in [6, 6.07) is 14.7. The Morgan fingerprint density at radius 2 is 1.55 bits per heavy atom. The number of hydrogen-bond acceptors (Lipinski definition) is 3. The summed E-state index contributed by atoms with van der Waals surface area (Å²) in [6.07, 6.45) is 2.92. The lowest BCUT2D eigenvalue weighted by Crippen LogP contribution is -2.36. The topological polar surface area (TPSA) is 69.7 Å². The summed E-state index contributed by atoms with van der Waals surface area (Å²) in [4.78, 5) is 14.3. The SMILES string of the molecule is Cc1ccc(CN(C)C(=O)NCc2ccc(S(=O)(=O)N3CCCCC3)cc2)cc1. The molecule has 0 unspecified atom stereocenters. The number of sulfonamides is 1. The molecule has 0 bridgehead atoms. The van der Waals surface area contributed by atoms with Crippen molar-refractivity contribution in [3.05, 3.63) is 65.2 Å². The predicted molar refractivity (Wildman–Crippen MR) is 114 cm³/mol. The Bertz CT molecular complexity index is 919. The monoisotopic (exact) mass is 415 g/mol. The van der Waals surface area contributed by atoms with Gasteiger partial charge >= 0.3 is 6.03 Å². The number of aryl methyl sites for hydroxylation is 1. The third-order valence-corrected chi connectivity index (χ3v) is 7.12. The average Bonchev–Trinajstić information content (AvgIpc) is 2.74. The molecule has 1 fully saturated rings. The lowest BCUT2D eigenvalue weighted by atomic mass is 10.1. The van der Waals surface area contributed by atoms with Gasteiger partial charge in [-0.25, -0.2) is 13.2 Å². The van der Waals surface area contributed by atoms with Crippen LogP contribution in [0.25, 0.3) is 0 Å². The highest BCUT2D eigenvalue weighted by atomic mass is 32.2. The summed E-state index contributed by atoms with van der Waals surface area (Å²) >= 11 is 0. The van der Waals surface area contributed by atoms with Gasteiger partial charge in [0.25, 0.3) is 0 Å². The van der Waals surface area contributed by atoms with Gasteiger partial charge in [-0.2, -0.15) is 4.31 Å². The van der Waals surface area contributed by atoms with Crippen molar-refractivity contribution >= 4 is 16.1 Å². The molecule has 0 atom stereocenters. The van der Waals surface area contributed by atoms with Crippen molar-refractivity contribution in [1.29, 1.82) is 0 Å². The third kappa shape index (κ3) is 5.58. The predicted octanol–water partition coefficient (Wildman–Crippen LogP) is 3.51. The maximum Gasteiger partial charge on any atom is 0.317 e. The smallest absolute Gasteiger partial charge is 0.317 e. The molecule has 1 aliphatic heterocycles. The molecule has 3 rings (SSSR count). The maximum atomic E-state index is 12.7. The molecular weight excluding hydrogens is 386 g/mol. The summed E-state index contributed by atoms with van der Waals surface area (Å²) in [7, 11) is -1.67. The van der Waals surface area contributed by atoms with E-state index >= 15 is 0 Å². The molecule has 6 nitrogen and oxygen atoms in total. The zero-order valence-electron chi connectivity index (χ0n) is 17.1. The molecule has 2 aromatic rings. The Morgan fingerprint density at radius 3 is 2.17 bits per heavy atom. The molecule has 1 heterocycles. The fourth-order valence-corrected chi connectivity index (χ4v) is 4.90. The van der Waals surface area contributed by atoms with Crippen molar-refractivity contribution in [2.24, 2.45) is 0 Å². The van der Waals surface area contributed by atoms with Crippen molar-refractivity contribution in [3.8, 4) is 0 Å². The van der Waals surface area contributed by atoms with E-state index in [1.165, 1.54) is 5.56 Å². The van der Waals surface area contributed by atoms with Gasteiger partial charge in [-0.15, -0.1) is 0 Å². The van der Waals surface area contributed by atoms with Gasteiger partial charge < -0.3 is 10.2 Å². The van der Waals surface area contributed by atoms with E-state index in [-0.39, 0.29) is 6.03 Å². The number of nitrogens with zero attached hydrogens (tertiary/aromatic N) is 2. The second-order valence-electron chi connectivity index (χ2n) is 7.61. The molecule has 29 heavy (non-hydrogen) atoms. The standard InChI is InChI=1S/C22H29N3O3S/c1-18-6-8-20(9-7-18)17-24(2)22(26)23-16-19-10-12-21(13-11-19)29(27,28)25-14-4-3-5-15-25/h6-13H,3-5,14-17H2,1-2H3,(H,23,26). The van der Waals surface area contributed by atoms with E-state index in [9.17, 15) is 13.2 Å². The molecular formula is C22H29N3O3S. The van der Waals surface area contributed by atoms with Crippen LogP contribution in [0.2, 0.25) is 0 Å². The van der Waals surface area contributed by atoms with E-state index in [0.717, 1.165) is 30.4 Å². The minimum Gasteiger partial charge on any atom is -0.334 e. The van der Waals surface area contributed by atoms with Crippen LogP contribution in [-0.4, -0.2) is 43.8 Å². The Hall–Kier alpha value is -2.38. The Morgan fingerprint density at radius 1 is 0.966 bits per heavy atom. The number of rotatable bonds is 6. The van der Waals surface area contributed by atoms with Crippen LogP contribution in [0.5, 0.6) is 0 Å². The number of carbonyl (C=O) groups excluding carboxylic acids is 1. The minimum absolute atomic E-state index is 0.171. The van der Waals surface area contributed by atoms with Crippen LogP contribution >= 0.6 is 0 Å². The zero-order chi connectivity index (χ0) is 20.9. The summed E-state index contributed by atoms with van der Waals surface area (Å²) in [6.45, 7) is 4.09. The van der Waals surface area contributed by atoms with Gasteiger partial charge in [-0.1, -0.05) is 48.4 Å². The normalized spacial score (nSPS) is 15.1. The highest BCUT2D eigenvalue weighted by molar-refractivity contribution is 7.89. The van der Waals surface area contributed by atoms with Crippen LogP contribution in [0.1, 0.15) is 36.0 Å². The summed E-state index contributed by atoms with van der Waals surface area (Å²) < 4.78 is 27.0. The highest BCUT2D eigenvalue weighted by Gasteiger charge is 2.25. The fourth-order valence-electron chi connectivity index (χ4n) is 3.39. The van der Waals surface area contributed by atoms with E-state index in [1.54, 1.807) is 40.5 Å².